The molecule has 180 valence electrons. The van der Waals surface area contributed by atoms with Gasteiger partial charge in [-0.2, -0.15) is 13.2 Å². The molecule has 1 aliphatic carbocycles. The van der Waals surface area contributed by atoms with Crippen molar-refractivity contribution >= 4 is 22.6 Å². The van der Waals surface area contributed by atoms with Gasteiger partial charge in [-0.05, 0) is 25.3 Å². The highest BCUT2D eigenvalue weighted by atomic mass is 19.4. The van der Waals surface area contributed by atoms with Gasteiger partial charge in [0.2, 0.25) is 5.43 Å². The number of alkyl halides is 3. The van der Waals surface area contributed by atoms with Crippen LogP contribution in [0.5, 0.6) is 5.75 Å². The summed E-state index contributed by atoms with van der Waals surface area (Å²) in [4.78, 5) is 25.8. The number of aromatic carboxylic acids is 1. The molecule has 2 fully saturated rings. The van der Waals surface area contributed by atoms with Gasteiger partial charge >= 0.3 is 12.1 Å². The Morgan fingerprint density at radius 3 is 2.58 bits per heavy atom. The van der Waals surface area contributed by atoms with Crippen LogP contribution in [0.2, 0.25) is 0 Å². The number of pyridine rings is 1. The van der Waals surface area contributed by atoms with Crippen molar-refractivity contribution in [2.75, 3.05) is 25.1 Å². The summed E-state index contributed by atoms with van der Waals surface area (Å²) in [5.74, 6) is -2.26. The van der Waals surface area contributed by atoms with E-state index in [0.29, 0.717) is 0 Å². The maximum Gasteiger partial charge on any atom is 0.391 e. The van der Waals surface area contributed by atoms with E-state index in [9.17, 15) is 33.0 Å². The number of carboxylic acids is 1. The Hall–Kier alpha value is -2.82. The molecular weight excluding hydrogens is 448 g/mol. The van der Waals surface area contributed by atoms with Gasteiger partial charge in [-0.15, -0.1) is 0 Å². The van der Waals surface area contributed by atoms with E-state index in [0.717, 1.165) is 18.9 Å². The third-order valence-electron chi connectivity index (χ3n) is 6.62. The van der Waals surface area contributed by atoms with Crippen LogP contribution in [0, 0.1) is 11.2 Å². The normalized spacial score (nSPS) is 22.1. The first-order valence-electron chi connectivity index (χ1n) is 10.5. The van der Waals surface area contributed by atoms with Gasteiger partial charge in [-0.25, -0.2) is 9.18 Å². The number of benzene rings is 1. The topological polar surface area (TPSA) is 92.0 Å². The second-order valence-corrected chi connectivity index (χ2v) is 9.11. The zero-order chi connectivity index (χ0) is 24.3. The van der Waals surface area contributed by atoms with Gasteiger partial charge in [0.15, 0.2) is 11.6 Å². The lowest BCUT2D eigenvalue weighted by molar-refractivity contribution is -0.165. The number of aliphatic hydroxyl groups is 1. The number of nitrogens with zero attached hydrogens (tertiary/aromatic N) is 2. The number of methoxy groups -OCH3 is 1. The first-order valence-corrected chi connectivity index (χ1v) is 10.5. The van der Waals surface area contributed by atoms with Crippen LogP contribution in [0.3, 0.4) is 0 Å². The summed E-state index contributed by atoms with van der Waals surface area (Å²) in [6.45, 7) is 1.64. The Labute approximate surface area is 186 Å². The van der Waals surface area contributed by atoms with Crippen molar-refractivity contribution in [3.63, 3.8) is 0 Å². The van der Waals surface area contributed by atoms with Crippen LogP contribution < -0.4 is 15.1 Å². The van der Waals surface area contributed by atoms with Crippen LogP contribution in [-0.4, -0.2) is 53.2 Å². The minimum atomic E-state index is -4.54. The fourth-order valence-electron chi connectivity index (χ4n) is 4.64. The quantitative estimate of drug-likeness (QED) is 0.623. The Morgan fingerprint density at radius 2 is 2.03 bits per heavy atom. The number of fused-ring (bicyclic) bond motifs is 1. The molecule has 1 aliphatic heterocycles. The van der Waals surface area contributed by atoms with E-state index in [1.165, 1.54) is 25.1 Å². The SMILES string of the molecule is COc1c(N2CCC(C)(C(O)CC(F)(F)F)C2)c(F)cc2c(=O)c(C(=O)O)cn(C3CC3)c12. The predicted molar refractivity (Wildman–Crippen MR) is 112 cm³/mol. The largest absolute Gasteiger partial charge is 0.492 e. The smallest absolute Gasteiger partial charge is 0.391 e. The Balaban J connectivity index is 1.84. The Morgan fingerprint density at radius 1 is 1.36 bits per heavy atom. The predicted octanol–water partition coefficient (Wildman–Crippen LogP) is 3.71. The molecule has 1 aromatic heterocycles. The molecule has 2 N–H and O–H groups in total. The summed E-state index contributed by atoms with van der Waals surface area (Å²) in [6.07, 6.45) is -4.65. The average molecular weight is 472 g/mol. The Kier molecular flexibility index (Phi) is 5.58. The monoisotopic (exact) mass is 472 g/mol. The minimum absolute atomic E-state index is 0.0144. The molecule has 0 amide bonds. The molecule has 4 rings (SSSR count). The lowest BCUT2D eigenvalue weighted by atomic mass is 9.82. The van der Waals surface area contributed by atoms with Crippen molar-refractivity contribution in [1.82, 2.24) is 4.57 Å². The molecule has 2 aliphatic rings. The maximum absolute atomic E-state index is 15.3. The number of halogens is 4. The van der Waals surface area contributed by atoms with E-state index in [-0.39, 0.29) is 47.9 Å². The molecule has 2 atom stereocenters. The van der Waals surface area contributed by atoms with Crippen molar-refractivity contribution in [3.05, 3.63) is 33.9 Å². The number of aliphatic hydroxyl groups excluding tert-OH is 1. The standard InChI is InChI=1S/C22H24F4N2O5/c1-21(15(29)8-22(24,25)26)5-6-27(10-21)17-14(23)7-12-16(19(17)33-2)28(11-3-4-11)9-13(18(12)30)20(31)32/h7,9,11,15,29H,3-6,8,10H2,1-2H3,(H,31,32). The van der Waals surface area contributed by atoms with Crippen LogP contribution in [0.1, 0.15) is 49.0 Å². The highest BCUT2D eigenvalue weighted by molar-refractivity contribution is 5.97. The molecule has 33 heavy (non-hydrogen) atoms. The molecule has 11 heteroatoms. The van der Waals surface area contributed by atoms with Gasteiger partial charge in [-0.1, -0.05) is 6.92 Å². The number of hydrogen-bond acceptors (Lipinski definition) is 5. The highest BCUT2D eigenvalue weighted by Gasteiger charge is 2.46. The summed E-state index contributed by atoms with van der Waals surface area (Å²) < 4.78 is 61.0. The molecule has 2 heterocycles. The van der Waals surface area contributed by atoms with Gasteiger partial charge in [0.25, 0.3) is 0 Å². The van der Waals surface area contributed by atoms with E-state index >= 15 is 4.39 Å². The number of carbonyl (C=O) groups is 1. The fourth-order valence-corrected chi connectivity index (χ4v) is 4.64. The molecule has 1 saturated heterocycles. The van der Waals surface area contributed by atoms with E-state index in [1.54, 1.807) is 4.57 Å². The molecule has 1 saturated carbocycles. The van der Waals surface area contributed by atoms with E-state index in [1.807, 2.05) is 0 Å². The summed E-state index contributed by atoms with van der Waals surface area (Å²) in [6, 6.07) is 0.888. The lowest BCUT2D eigenvalue weighted by Crippen LogP contribution is -2.38. The first kappa shape index (κ1) is 23.3. The number of rotatable bonds is 6. The van der Waals surface area contributed by atoms with E-state index in [2.05, 4.69) is 0 Å². The second kappa shape index (κ2) is 7.89. The molecular formula is C22H24F4N2O5. The minimum Gasteiger partial charge on any atom is -0.492 e. The number of carboxylic acid groups (broad SMARTS) is 1. The lowest BCUT2D eigenvalue weighted by Gasteiger charge is -2.32. The van der Waals surface area contributed by atoms with Crippen LogP contribution >= 0.6 is 0 Å². The van der Waals surface area contributed by atoms with Crippen molar-refractivity contribution in [3.8, 4) is 5.75 Å². The molecule has 1 aromatic carbocycles. The number of ether oxygens (including phenoxy) is 1. The van der Waals surface area contributed by atoms with Gasteiger partial charge in [-0.3, -0.25) is 4.79 Å². The van der Waals surface area contributed by atoms with Crippen LogP contribution in [0.4, 0.5) is 23.2 Å². The number of anilines is 1. The molecule has 2 unspecified atom stereocenters. The summed E-state index contributed by atoms with van der Waals surface area (Å²) >= 11 is 0. The maximum atomic E-state index is 15.3. The average Bonchev–Trinajstić information content (AvgIpc) is 3.47. The third-order valence-corrected chi connectivity index (χ3v) is 6.62. The summed E-state index contributed by atoms with van der Waals surface area (Å²) in [5.41, 5.74) is -2.23. The van der Waals surface area contributed by atoms with Gasteiger partial charge < -0.3 is 24.4 Å². The van der Waals surface area contributed by atoms with Gasteiger partial charge in [0.1, 0.15) is 11.3 Å². The molecule has 0 bridgehead atoms. The summed E-state index contributed by atoms with van der Waals surface area (Å²) in [5, 5.41) is 19.5. The molecule has 2 aromatic rings. The molecule has 7 nitrogen and oxygen atoms in total. The highest BCUT2D eigenvalue weighted by Crippen LogP contribution is 2.47. The third kappa shape index (κ3) is 4.14. The van der Waals surface area contributed by atoms with Gasteiger partial charge in [0, 0.05) is 30.7 Å². The summed E-state index contributed by atoms with van der Waals surface area (Å²) in [7, 11) is 1.29. The second-order valence-electron chi connectivity index (χ2n) is 9.11. The van der Waals surface area contributed by atoms with E-state index < -0.39 is 46.9 Å². The number of aromatic nitrogens is 1. The van der Waals surface area contributed by atoms with E-state index in [4.69, 9.17) is 4.74 Å². The molecule has 0 radical (unpaired) electrons. The van der Waals surface area contributed by atoms with Crippen molar-refractivity contribution in [2.45, 2.75) is 50.9 Å². The van der Waals surface area contributed by atoms with Crippen molar-refractivity contribution < 1.29 is 37.3 Å². The Bertz CT molecular complexity index is 1170. The van der Waals surface area contributed by atoms with Crippen molar-refractivity contribution in [2.24, 2.45) is 5.41 Å². The van der Waals surface area contributed by atoms with Crippen LogP contribution in [0.15, 0.2) is 17.1 Å². The van der Waals surface area contributed by atoms with Gasteiger partial charge in [0.05, 0.1) is 30.5 Å². The molecule has 0 spiro atoms. The number of hydrogen-bond donors (Lipinski definition) is 2. The first-order chi connectivity index (χ1) is 15.4. The fraction of sp³-hybridized carbons (Fsp3) is 0.545. The van der Waals surface area contributed by atoms with Crippen molar-refractivity contribution in [1.29, 1.82) is 0 Å². The van der Waals surface area contributed by atoms with Crippen LogP contribution in [-0.2, 0) is 0 Å². The zero-order valence-corrected chi connectivity index (χ0v) is 18.1. The van der Waals surface area contributed by atoms with Crippen LogP contribution in [0.25, 0.3) is 10.9 Å². The zero-order valence-electron chi connectivity index (χ0n) is 18.1.